The van der Waals surface area contributed by atoms with Crippen LogP contribution >= 0.6 is 11.3 Å². The molecule has 0 amide bonds. The molecule has 17 heavy (non-hydrogen) atoms. The van der Waals surface area contributed by atoms with Gasteiger partial charge in [0.15, 0.2) is 5.13 Å². The Bertz CT molecular complexity index is 646. The molecule has 0 aliphatic heterocycles. The summed E-state index contributed by atoms with van der Waals surface area (Å²) in [7, 11) is 0. The summed E-state index contributed by atoms with van der Waals surface area (Å²) in [5.74, 6) is 0. The molecule has 0 saturated carbocycles. The molecule has 0 aliphatic rings. The fraction of sp³-hybridized carbons (Fsp3) is 0.0769. The van der Waals surface area contributed by atoms with Crippen molar-refractivity contribution in [3.8, 4) is 0 Å². The van der Waals surface area contributed by atoms with E-state index in [1.807, 2.05) is 30.5 Å². The fourth-order valence-electron chi connectivity index (χ4n) is 1.81. The van der Waals surface area contributed by atoms with Gasteiger partial charge in [0.2, 0.25) is 0 Å². The molecule has 1 aromatic carbocycles. The normalized spacial score (nSPS) is 10.8. The van der Waals surface area contributed by atoms with Crippen molar-refractivity contribution in [1.82, 2.24) is 9.97 Å². The monoisotopic (exact) mass is 241 g/mol. The van der Waals surface area contributed by atoms with Crippen LogP contribution in [0.25, 0.3) is 10.2 Å². The number of nitrogen functional groups attached to an aromatic ring is 1. The van der Waals surface area contributed by atoms with Crippen LogP contribution in [0.15, 0.2) is 42.6 Å². The van der Waals surface area contributed by atoms with E-state index in [4.69, 9.17) is 5.73 Å². The number of rotatable bonds is 2. The van der Waals surface area contributed by atoms with Crippen molar-refractivity contribution < 1.29 is 0 Å². The van der Waals surface area contributed by atoms with Crippen molar-refractivity contribution in [1.29, 1.82) is 0 Å². The minimum atomic E-state index is 0.620. The third-order valence-corrected chi connectivity index (χ3v) is 3.43. The number of hydrogen-bond acceptors (Lipinski definition) is 4. The number of aromatic nitrogens is 2. The summed E-state index contributed by atoms with van der Waals surface area (Å²) >= 11 is 1.52. The third kappa shape index (κ3) is 2.12. The highest BCUT2D eigenvalue weighted by atomic mass is 32.1. The molecule has 0 aliphatic carbocycles. The van der Waals surface area contributed by atoms with Gasteiger partial charge >= 0.3 is 0 Å². The Labute approximate surface area is 103 Å². The average molecular weight is 241 g/mol. The van der Waals surface area contributed by atoms with E-state index in [-0.39, 0.29) is 0 Å². The Kier molecular flexibility index (Phi) is 2.49. The van der Waals surface area contributed by atoms with Gasteiger partial charge in [-0.15, -0.1) is 0 Å². The molecule has 3 rings (SSSR count). The van der Waals surface area contributed by atoms with Gasteiger partial charge in [-0.3, -0.25) is 4.98 Å². The second kappa shape index (κ2) is 4.14. The smallest absolute Gasteiger partial charge is 0.181 e. The Hall–Kier alpha value is -1.94. The van der Waals surface area contributed by atoms with E-state index >= 15 is 0 Å². The molecule has 0 bridgehead atoms. The molecule has 0 spiro atoms. The number of fused-ring (bicyclic) bond motifs is 1. The van der Waals surface area contributed by atoms with Gasteiger partial charge in [-0.05, 0) is 29.8 Å². The lowest BCUT2D eigenvalue weighted by Crippen LogP contribution is -1.90. The second-order valence-electron chi connectivity index (χ2n) is 3.85. The number of pyridine rings is 1. The minimum Gasteiger partial charge on any atom is -0.375 e. The maximum atomic E-state index is 5.69. The van der Waals surface area contributed by atoms with Crippen LogP contribution in [0.3, 0.4) is 0 Å². The molecule has 84 valence electrons. The van der Waals surface area contributed by atoms with E-state index in [0.717, 1.165) is 22.3 Å². The maximum Gasteiger partial charge on any atom is 0.181 e. The Balaban J connectivity index is 1.95. The highest BCUT2D eigenvalue weighted by molar-refractivity contribution is 7.22. The molecule has 3 aromatic rings. The van der Waals surface area contributed by atoms with Crippen molar-refractivity contribution in [2.24, 2.45) is 0 Å². The van der Waals surface area contributed by atoms with Crippen molar-refractivity contribution >= 4 is 26.7 Å². The number of anilines is 1. The first-order chi connectivity index (χ1) is 8.31. The Morgan fingerprint density at radius 2 is 2.12 bits per heavy atom. The zero-order valence-corrected chi connectivity index (χ0v) is 9.95. The third-order valence-electron chi connectivity index (χ3n) is 2.58. The standard InChI is InChI=1S/C13H11N3S/c14-13-16-11-5-4-9(8-12(11)17-13)7-10-3-1-2-6-15-10/h1-6,8H,7H2,(H2,14,16). The van der Waals surface area contributed by atoms with Crippen LogP contribution in [-0.2, 0) is 6.42 Å². The lowest BCUT2D eigenvalue weighted by Gasteiger charge is -2.00. The van der Waals surface area contributed by atoms with Crippen LogP contribution in [0.2, 0.25) is 0 Å². The van der Waals surface area contributed by atoms with Crippen molar-refractivity contribution in [3.63, 3.8) is 0 Å². The second-order valence-corrected chi connectivity index (χ2v) is 4.91. The van der Waals surface area contributed by atoms with Gasteiger partial charge in [-0.25, -0.2) is 4.98 Å². The highest BCUT2D eigenvalue weighted by Gasteiger charge is 2.03. The quantitative estimate of drug-likeness (QED) is 0.750. The lowest BCUT2D eigenvalue weighted by atomic mass is 10.1. The molecule has 2 aromatic heterocycles. The van der Waals surface area contributed by atoms with Gasteiger partial charge in [0.1, 0.15) is 0 Å². The van der Waals surface area contributed by atoms with Gasteiger partial charge in [-0.2, -0.15) is 0 Å². The summed E-state index contributed by atoms with van der Waals surface area (Å²) in [6.07, 6.45) is 2.66. The SMILES string of the molecule is Nc1nc2ccc(Cc3ccccn3)cc2s1. The Morgan fingerprint density at radius 1 is 1.18 bits per heavy atom. The molecular weight excluding hydrogens is 230 g/mol. The van der Waals surface area contributed by atoms with Crippen LogP contribution in [0.4, 0.5) is 5.13 Å². The summed E-state index contributed by atoms with van der Waals surface area (Å²) in [5, 5.41) is 0.620. The zero-order chi connectivity index (χ0) is 11.7. The van der Waals surface area contributed by atoms with Gasteiger partial charge in [0.25, 0.3) is 0 Å². The first-order valence-electron chi connectivity index (χ1n) is 5.36. The first-order valence-corrected chi connectivity index (χ1v) is 6.18. The maximum absolute atomic E-state index is 5.69. The first kappa shape index (κ1) is 10.2. The molecular formula is C13H11N3S. The summed E-state index contributed by atoms with van der Waals surface area (Å²) in [6.45, 7) is 0. The predicted octanol–water partition coefficient (Wildman–Crippen LogP) is 2.86. The van der Waals surface area contributed by atoms with Crippen molar-refractivity contribution in [3.05, 3.63) is 53.9 Å². The van der Waals surface area contributed by atoms with Crippen LogP contribution in [0.5, 0.6) is 0 Å². The predicted molar refractivity (Wildman–Crippen MR) is 71.1 cm³/mol. The number of benzene rings is 1. The number of nitrogens with two attached hydrogens (primary N) is 1. The molecule has 3 nitrogen and oxygen atoms in total. The highest BCUT2D eigenvalue weighted by Crippen LogP contribution is 2.25. The molecule has 2 N–H and O–H groups in total. The number of thiazole rings is 1. The average Bonchev–Trinajstić information content (AvgIpc) is 2.70. The number of nitrogens with zero attached hydrogens (tertiary/aromatic N) is 2. The molecule has 2 heterocycles. The topological polar surface area (TPSA) is 51.8 Å². The van der Waals surface area contributed by atoms with Gasteiger partial charge in [0.05, 0.1) is 10.2 Å². The van der Waals surface area contributed by atoms with Gasteiger partial charge in [0, 0.05) is 18.3 Å². The summed E-state index contributed by atoms with van der Waals surface area (Å²) in [4.78, 5) is 8.56. The van der Waals surface area contributed by atoms with E-state index in [1.165, 1.54) is 16.9 Å². The molecule has 4 heteroatoms. The Morgan fingerprint density at radius 3 is 2.94 bits per heavy atom. The minimum absolute atomic E-state index is 0.620. The zero-order valence-electron chi connectivity index (χ0n) is 9.13. The van der Waals surface area contributed by atoms with Gasteiger partial charge in [-0.1, -0.05) is 23.5 Å². The molecule has 0 radical (unpaired) electrons. The summed E-state index contributed by atoms with van der Waals surface area (Å²) in [5.41, 5.74) is 8.97. The van der Waals surface area contributed by atoms with Crippen LogP contribution in [0.1, 0.15) is 11.3 Å². The van der Waals surface area contributed by atoms with E-state index < -0.39 is 0 Å². The lowest BCUT2D eigenvalue weighted by molar-refractivity contribution is 1.08. The summed E-state index contributed by atoms with van der Waals surface area (Å²) < 4.78 is 1.14. The van der Waals surface area contributed by atoms with Crippen LogP contribution in [0, 0.1) is 0 Å². The molecule has 0 unspecified atom stereocenters. The van der Waals surface area contributed by atoms with Crippen LogP contribution in [-0.4, -0.2) is 9.97 Å². The number of hydrogen-bond donors (Lipinski definition) is 1. The molecule has 0 fully saturated rings. The van der Waals surface area contributed by atoms with E-state index in [9.17, 15) is 0 Å². The molecule has 0 atom stereocenters. The largest absolute Gasteiger partial charge is 0.375 e. The molecule has 0 saturated heterocycles. The van der Waals surface area contributed by atoms with Crippen molar-refractivity contribution in [2.75, 3.05) is 5.73 Å². The van der Waals surface area contributed by atoms with Gasteiger partial charge < -0.3 is 5.73 Å². The van der Waals surface area contributed by atoms with E-state index in [1.54, 1.807) is 0 Å². The van der Waals surface area contributed by atoms with Crippen molar-refractivity contribution in [2.45, 2.75) is 6.42 Å². The summed E-state index contributed by atoms with van der Waals surface area (Å²) in [6, 6.07) is 12.2. The van der Waals surface area contributed by atoms with E-state index in [2.05, 4.69) is 22.1 Å². The van der Waals surface area contributed by atoms with E-state index in [0.29, 0.717) is 5.13 Å². The fourth-order valence-corrected chi connectivity index (χ4v) is 2.61. The van der Waals surface area contributed by atoms with Crippen LogP contribution < -0.4 is 5.73 Å².